The number of hydrogen-bond acceptors (Lipinski definition) is 4. The van der Waals surface area contributed by atoms with Crippen LogP contribution < -0.4 is 15.0 Å². The minimum atomic E-state index is -0.298. The van der Waals surface area contributed by atoms with Gasteiger partial charge in [-0.2, -0.15) is 0 Å². The number of carbonyl (C=O) groups excluding carboxylic acids is 2. The van der Waals surface area contributed by atoms with E-state index in [0.717, 1.165) is 18.8 Å². The van der Waals surface area contributed by atoms with Crippen LogP contribution in [0.1, 0.15) is 10.4 Å². The molecule has 1 N–H and O–H groups in total. The zero-order valence-corrected chi connectivity index (χ0v) is 20.4. The molecule has 2 amide bonds. The second kappa shape index (κ2) is 11.0. The van der Waals surface area contributed by atoms with E-state index in [1.807, 2.05) is 29.2 Å². The highest BCUT2D eigenvalue weighted by atomic mass is 35.5. The van der Waals surface area contributed by atoms with Gasteiger partial charge in [-0.05, 0) is 66.7 Å². The molecule has 0 radical (unpaired) electrons. The third kappa shape index (κ3) is 6.14. The number of nitrogens with zero attached hydrogens (tertiary/aromatic N) is 2. The van der Waals surface area contributed by atoms with Gasteiger partial charge in [0.25, 0.3) is 11.8 Å². The van der Waals surface area contributed by atoms with E-state index in [0.29, 0.717) is 45.2 Å². The van der Waals surface area contributed by atoms with Crippen LogP contribution in [-0.2, 0) is 4.79 Å². The highest BCUT2D eigenvalue weighted by molar-refractivity contribution is 6.35. The lowest BCUT2D eigenvalue weighted by molar-refractivity contribution is -0.118. The van der Waals surface area contributed by atoms with Gasteiger partial charge in [0.15, 0.2) is 6.61 Å². The number of benzene rings is 3. The summed E-state index contributed by atoms with van der Waals surface area (Å²) in [5.41, 5.74) is 2.33. The fourth-order valence-electron chi connectivity index (χ4n) is 3.63. The van der Waals surface area contributed by atoms with Crippen LogP contribution in [0.2, 0.25) is 15.1 Å². The number of rotatable bonds is 6. The van der Waals surface area contributed by atoms with Gasteiger partial charge >= 0.3 is 0 Å². The maximum Gasteiger partial charge on any atom is 0.262 e. The Morgan fingerprint density at radius 2 is 1.47 bits per heavy atom. The lowest BCUT2D eigenvalue weighted by Crippen LogP contribution is -2.48. The molecule has 6 nitrogen and oxygen atoms in total. The summed E-state index contributed by atoms with van der Waals surface area (Å²) in [5.74, 6) is 0.106. The average Bonchev–Trinajstić information content (AvgIpc) is 2.84. The van der Waals surface area contributed by atoms with Crippen LogP contribution >= 0.6 is 34.8 Å². The molecular formula is C25H22Cl3N3O3. The first-order chi connectivity index (χ1) is 16.4. The molecule has 0 aromatic heterocycles. The number of carbonyl (C=O) groups is 2. The molecule has 1 heterocycles. The maximum absolute atomic E-state index is 12.7. The van der Waals surface area contributed by atoms with Gasteiger partial charge in [0.05, 0.1) is 5.02 Å². The molecule has 176 valence electrons. The summed E-state index contributed by atoms with van der Waals surface area (Å²) < 4.78 is 5.46. The third-order valence-corrected chi connectivity index (χ3v) is 6.21. The van der Waals surface area contributed by atoms with Gasteiger partial charge in [0.1, 0.15) is 5.75 Å². The zero-order chi connectivity index (χ0) is 24.1. The maximum atomic E-state index is 12.7. The Morgan fingerprint density at radius 3 is 2.12 bits per heavy atom. The standard InChI is InChI=1S/C25H22Cl3N3O3/c26-18-3-1-17(2-4-18)25(33)31-13-11-30(12-14-31)21-8-6-20(7-9-21)29-24(32)16-34-23-10-5-19(27)15-22(23)28/h1-10,15H,11-14,16H2,(H,29,32). The first kappa shape index (κ1) is 24.2. The number of ether oxygens (including phenoxy) is 1. The molecule has 1 fully saturated rings. The van der Waals surface area contributed by atoms with Gasteiger partial charge in [-0.15, -0.1) is 0 Å². The molecule has 0 unspecified atom stereocenters. The highest BCUT2D eigenvalue weighted by Gasteiger charge is 2.22. The monoisotopic (exact) mass is 517 g/mol. The van der Waals surface area contributed by atoms with E-state index in [-0.39, 0.29) is 18.4 Å². The zero-order valence-electron chi connectivity index (χ0n) is 18.1. The number of piperazine rings is 1. The summed E-state index contributed by atoms with van der Waals surface area (Å²) in [6.45, 7) is 2.53. The van der Waals surface area contributed by atoms with Crippen molar-refractivity contribution < 1.29 is 14.3 Å². The Balaban J connectivity index is 1.26. The molecule has 1 saturated heterocycles. The molecule has 1 aliphatic heterocycles. The molecule has 3 aromatic rings. The Kier molecular flexibility index (Phi) is 7.83. The Labute approximate surface area is 213 Å². The SMILES string of the molecule is O=C(COc1ccc(Cl)cc1Cl)Nc1ccc(N2CCN(C(=O)c3ccc(Cl)cc3)CC2)cc1. The smallest absolute Gasteiger partial charge is 0.262 e. The average molecular weight is 519 g/mol. The lowest BCUT2D eigenvalue weighted by Gasteiger charge is -2.36. The van der Waals surface area contributed by atoms with Gasteiger partial charge in [0, 0.05) is 53.2 Å². The van der Waals surface area contributed by atoms with E-state index in [4.69, 9.17) is 39.5 Å². The molecule has 0 spiro atoms. The van der Waals surface area contributed by atoms with Crippen molar-refractivity contribution >= 4 is 58.0 Å². The first-order valence-electron chi connectivity index (χ1n) is 10.7. The summed E-state index contributed by atoms with van der Waals surface area (Å²) in [7, 11) is 0. The predicted octanol–water partition coefficient (Wildman–Crippen LogP) is 5.63. The van der Waals surface area contributed by atoms with E-state index in [2.05, 4.69) is 10.2 Å². The largest absolute Gasteiger partial charge is 0.482 e. The van der Waals surface area contributed by atoms with E-state index in [1.165, 1.54) is 0 Å². The first-order valence-corrected chi connectivity index (χ1v) is 11.8. The van der Waals surface area contributed by atoms with Crippen molar-refractivity contribution in [3.05, 3.63) is 87.4 Å². The fraction of sp³-hybridized carbons (Fsp3) is 0.200. The van der Waals surface area contributed by atoms with Crippen molar-refractivity contribution in [2.24, 2.45) is 0 Å². The molecule has 3 aromatic carbocycles. The van der Waals surface area contributed by atoms with Crippen molar-refractivity contribution in [1.82, 2.24) is 4.90 Å². The van der Waals surface area contributed by atoms with Crippen molar-refractivity contribution in [3.8, 4) is 5.75 Å². The van der Waals surface area contributed by atoms with Crippen LogP contribution in [0.25, 0.3) is 0 Å². The minimum Gasteiger partial charge on any atom is -0.482 e. The second-order valence-electron chi connectivity index (χ2n) is 7.74. The highest BCUT2D eigenvalue weighted by Crippen LogP contribution is 2.27. The normalized spacial score (nSPS) is 13.5. The van der Waals surface area contributed by atoms with Gasteiger partial charge in [-0.25, -0.2) is 0 Å². The second-order valence-corrected chi connectivity index (χ2v) is 9.02. The molecule has 0 aliphatic carbocycles. The molecule has 0 bridgehead atoms. The number of anilines is 2. The number of nitrogens with one attached hydrogen (secondary N) is 1. The molecular weight excluding hydrogens is 497 g/mol. The van der Waals surface area contributed by atoms with Crippen LogP contribution in [-0.4, -0.2) is 49.5 Å². The Bertz CT molecular complexity index is 1160. The molecule has 34 heavy (non-hydrogen) atoms. The predicted molar refractivity (Wildman–Crippen MR) is 137 cm³/mol. The van der Waals surface area contributed by atoms with E-state index < -0.39 is 0 Å². The quantitative estimate of drug-likeness (QED) is 0.460. The topological polar surface area (TPSA) is 61.9 Å². The van der Waals surface area contributed by atoms with E-state index in [9.17, 15) is 9.59 Å². The molecule has 0 saturated carbocycles. The van der Waals surface area contributed by atoms with Gasteiger partial charge < -0.3 is 19.9 Å². The van der Waals surface area contributed by atoms with Crippen LogP contribution in [0.15, 0.2) is 66.7 Å². The molecule has 0 atom stereocenters. The fourth-order valence-corrected chi connectivity index (χ4v) is 4.22. The summed E-state index contributed by atoms with van der Waals surface area (Å²) in [5, 5.41) is 4.26. The van der Waals surface area contributed by atoms with Crippen LogP contribution in [0.5, 0.6) is 5.75 Å². The van der Waals surface area contributed by atoms with Crippen molar-refractivity contribution in [2.75, 3.05) is 43.0 Å². The number of halogens is 3. The van der Waals surface area contributed by atoms with Crippen LogP contribution in [0, 0.1) is 0 Å². The van der Waals surface area contributed by atoms with Crippen molar-refractivity contribution in [2.45, 2.75) is 0 Å². The van der Waals surface area contributed by atoms with E-state index >= 15 is 0 Å². The third-order valence-electron chi connectivity index (χ3n) is 5.43. The Hall–Kier alpha value is -2.93. The van der Waals surface area contributed by atoms with Gasteiger partial charge in [0.2, 0.25) is 0 Å². The summed E-state index contributed by atoms with van der Waals surface area (Å²) in [4.78, 5) is 29.0. The summed E-state index contributed by atoms with van der Waals surface area (Å²) in [6, 6.07) is 19.4. The van der Waals surface area contributed by atoms with Crippen molar-refractivity contribution in [3.63, 3.8) is 0 Å². The van der Waals surface area contributed by atoms with Crippen molar-refractivity contribution in [1.29, 1.82) is 0 Å². The van der Waals surface area contributed by atoms with E-state index in [1.54, 1.807) is 42.5 Å². The number of hydrogen-bond donors (Lipinski definition) is 1. The van der Waals surface area contributed by atoms with Gasteiger partial charge in [-0.1, -0.05) is 34.8 Å². The summed E-state index contributed by atoms with van der Waals surface area (Å²) in [6.07, 6.45) is 0. The number of amides is 2. The Morgan fingerprint density at radius 1 is 0.824 bits per heavy atom. The molecule has 1 aliphatic rings. The van der Waals surface area contributed by atoms with Crippen LogP contribution in [0.3, 0.4) is 0 Å². The van der Waals surface area contributed by atoms with Crippen LogP contribution in [0.4, 0.5) is 11.4 Å². The minimum absolute atomic E-state index is 0.0106. The lowest BCUT2D eigenvalue weighted by atomic mass is 10.1. The molecule has 4 rings (SSSR count). The van der Waals surface area contributed by atoms with Gasteiger partial charge in [-0.3, -0.25) is 9.59 Å². The molecule has 9 heteroatoms. The summed E-state index contributed by atoms with van der Waals surface area (Å²) >= 11 is 17.8.